The third-order valence-corrected chi connectivity index (χ3v) is 3.69. The number of sulfone groups is 1. The molecule has 2 rings (SSSR count). The van der Waals surface area contributed by atoms with Crippen molar-refractivity contribution >= 4 is 21.6 Å². The van der Waals surface area contributed by atoms with Crippen molar-refractivity contribution in [1.82, 2.24) is 0 Å². The number of esters is 1. The Morgan fingerprint density at radius 2 is 2.12 bits per heavy atom. The fraction of sp³-hybridized carbons (Fsp3) is 0.0909. The van der Waals surface area contributed by atoms with Gasteiger partial charge in [0.1, 0.15) is 0 Å². The van der Waals surface area contributed by atoms with Crippen LogP contribution in [0.15, 0.2) is 28.5 Å². The van der Waals surface area contributed by atoms with Crippen LogP contribution in [0.3, 0.4) is 0 Å². The van der Waals surface area contributed by atoms with Crippen LogP contribution in [0.4, 0.5) is 0 Å². The van der Waals surface area contributed by atoms with Crippen LogP contribution in [-0.4, -0.2) is 14.4 Å². The number of hydrogen-bond donors (Lipinski definition) is 0. The largest absolute Gasteiger partial charge is 0.425 e. The van der Waals surface area contributed by atoms with Crippen LogP contribution in [0.5, 0.6) is 0 Å². The molecule has 1 heterocycles. The zero-order valence-corrected chi connectivity index (χ0v) is 9.61. The standard InChI is InChI=1S/C11H7NO4S/c1-7(13)16-10-6-17(14,15)11-3-2-8(5-12)4-9(10)11/h2-4,6H,1H3. The van der Waals surface area contributed by atoms with Gasteiger partial charge in [-0.15, -0.1) is 0 Å². The van der Waals surface area contributed by atoms with E-state index in [4.69, 9.17) is 10.00 Å². The average Bonchev–Trinajstić information content (AvgIpc) is 2.49. The van der Waals surface area contributed by atoms with E-state index in [-0.39, 0.29) is 16.2 Å². The number of nitrogens with zero attached hydrogens (tertiary/aromatic N) is 1. The molecule has 1 aromatic rings. The molecular formula is C11H7NO4S. The van der Waals surface area contributed by atoms with Crippen molar-refractivity contribution in [3.63, 3.8) is 0 Å². The Balaban J connectivity index is 2.63. The van der Waals surface area contributed by atoms with Crippen LogP contribution < -0.4 is 0 Å². The first-order valence-electron chi connectivity index (χ1n) is 4.64. The zero-order chi connectivity index (χ0) is 12.6. The lowest BCUT2D eigenvalue weighted by Crippen LogP contribution is -1.97. The normalized spacial score (nSPS) is 15.6. The number of hydrogen-bond acceptors (Lipinski definition) is 5. The molecule has 0 saturated heterocycles. The Bertz CT molecular complexity index is 680. The van der Waals surface area contributed by atoms with Crippen molar-refractivity contribution in [1.29, 1.82) is 5.26 Å². The van der Waals surface area contributed by atoms with Crippen LogP contribution in [0.1, 0.15) is 18.1 Å². The van der Waals surface area contributed by atoms with E-state index in [1.807, 2.05) is 6.07 Å². The molecular weight excluding hydrogens is 242 g/mol. The Kier molecular flexibility index (Phi) is 2.48. The molecule has 0 aliphatic carbocycles. The molecule has 0 amide bonds. The maximum absolute atomic E-state index is 11.7. The van der Waals surface area contributed by atoms with Crippen LogP contribution >= 0.6 is 0 Å². The lowest BCUT2D eigenvalue weighted by molar-refractivity contribution is -0.134. The Labute approximate surface area is 97.9 Å². The van der Waals surface area contributed by atoms with Crippen molar-refractivity contribution in [3.8, 4) is 6.07 Å². The molecule has 0 bridgehead atoms. The summed E-state index contributed by atoms with van der Waals surface area (Å²) in [6.45, 7) is 1.18. The van der Waals surface area contributed by atoms with Crippen LogP contribution in [0.2, 0.25) is 0 Å². The summed E-state index contributed by atoms with van der Waals surface area (Å²) in [5.41, 5.74) is 0.554. The number of carbonyl (C=O) groups is 1. The number of benzene rings is 1. The van der Waals surface area contributed by atoms with E-state index >= 15 is 0 Å². The van der Waals surface area contributed by atoms with E-state index < -0.39 is 15.8 Å². The molecule has 0 N–H and O–H groups in total. The van der Waals surface area contributed by atoms with Gasteiger partial charge in [0, 0.05) is 12.5 Å². The maximum Gasteiger partial charge on any atom is 0.308 e. The van der Waals surface area contributed by atoms with Gasteiger partial charge in [-0.1, -0.05) is 0 Å². The third-order valence-electron chi connectivity index (χ3n) is 2.20. The highest BCUT2D eigenvalue weighted by atomic mass is 32.2. The number of nitriles is 1. The zero-order valence-electron chi connectivity index (χ0n) is 8.80. The molecule has 6 heteroatoms. The minimum Gasteiger partial charge on any atom is -0.425 e. The highest BCUT2D eigenvalue weighted by Gasteiger charge is 2.29. The van der Waals surface area contributed by atoms with Gasteiger partial charge in [-0.2, -0.15) is 5.26 Å². The van der Waals surface area contributed by atoms with Crippen LogP contribution in [0, 0.1) is 11.3 Å². The second kappa shape index (κ2) is 3.71. The van der Waals surface area contributed by atoms with Gasteiger partial charge in [-0.05, 0) is 18.2 Å². The van der Waals surface area contributed by atoms with Gasteiger partial charge >= 0.3 is 5.97 Å². The summed E-state index contributed by atoms with van der Waals surface area (Å²) < 4.78 is 28.2. The summed E-state index contributed by atoms with van der Waals surface area (Å²) in [4.78, 5) is 10.9. The van der Waals surface area contributed by atoms with E-state index in [2.05, 4.69) is 0 Å². The van der Waals surface area contributed by atoms with Crippen LogP contribution in [0.25, 0.3) is 5.76 Å². The van der Waals surface area contributed by atoms with Gasteiger partial charge in [0.05, 0.1) is 21.9 Å². The second-order valence-electron chi connectivity index (χ2n) is 3.44. The number of carbonyl (C=O) groups excluding carboxylic acids is 1. The van der Waals surface area contributed by atoms with Crippen molar-refractivity contribution in [2.24, 2.45) is 0 Å². The molecule has 1 aliphatic rings. The fourth-order valence-electron chi connectivity index (χ4n) is 1.54. The molecule has 0 unspecified atom stereocenters. The molecule has 0 radical (unpaired) electrons. The van der Waals surface area contributed by atoms with Gasteiger partial charge in [0.15, 0.2) is 5.76 Å². The molecule has 17 heavy (non-hydrogen) atoms. The SMILES string of the molecule is CC(=O)OC1=CS(=O)(=O)c2ccc(C#N)cc21. The Morgan fingerprint density at radius 1 is 1.41 bits per heavy atom. The summed E-state index contributed by atoms with van der Waals surface area (Å²) in [7, 11) is -3.57. The number of fused-ring (bicyclic) bond motifs is 1. The topological polar surface area (TPSA) is 84.2 Å². The van der Waals surface area contributed by atoms with Crippen molar-refractivity contribution in [2.45, 2.75) is 11.8 Å². The Morgan fingerprint density at radius 3 is 2.71 bits per heavy atom. The summed E-state index contributed by atoms with van der Waals surface area (Å²) in [6.07, 6.45) is 0. The minimum absolute atomic E-state index is 0.0374. The molecule has 5 nitrogen and oxygen atoms in total. The van der Waals surface area contributed by atoms with E-state index in [0.717, 1.165) is 5.41 Å². The Hall–Kier alpha value is -2.13. The van der Waals surface area contributed by atoms with Crippen molar-refractivity contribution in [2.75, 3.05) is 0 Å². The van der Waals surface area contributed by atoms with Crippen LogP contribution in [-0.2, 0) is 19.4 Å². The molecule has 0 spiro atoms. The third kappa shape index (κ3) is 1.92. The number of rotatable bonds is 1. The molecule has 1 aromatic carbocycles. The van der Waals surface area contributed by atoms with Gasteiger partial charge in [-0.25, -0.2) is 8.42 Å². The summed E-state index contributed by atoms with van der Waals surface area (Å²) >= 11 is 0. The second-order valence-corrected chi connectivity index (χ2v) is 5.21. The molecule has 0 aromatic heterocycles. The van der Waals surface area contributed by atoms with Gasteiger partial charge < -0.3 is 4.74 Å². The average molecular weight is 249 g/mol. The van der Waals surface area contributed by atoms with Crippen molar-refractivity contribution in [3.05, 3.63) is 34.7 Å². The summed E-state index contributed by atoms with van der Waals surface area (Å²) in [5.74, 6) is -0.647. The fourth-order valence-corrected chi connectivity index (χ4v) is 2.85. The molecule has 0 fully saturated rings. The highest BCUT2D eigenvalue weighted by Crippen LogP contribution is 2.34. The first-order valence-corrected chi connectivity index (χ1v) is 6.18. The predicted molar refractivity (Wildman–Crippen MR) is 58.1 cm³/mol. The molecule has 0 saturated carbocycles. The highest BCUT2D eigenvalue weighted by molar-refractivity contribution is 7.94. The minimum atomic E-state index is -3.57. The maximum atomic E-state index is 11.7. The lowest BCUT2D eigenvalue weighted by Gasteiger charge is -2.03. The first-order chi connectivity index (χ1) is 7.94. The lowest BCUT2D eigenvalue weighted by atomic mass is 10.1. The van der Waals surface area contributed by atoms with E-state index in [1.165, 1.54) is 25.1 Å². The predicted octanol–water partition coefficient (Wildman–Crippen LogP) is 1.21. The molecule has 0 atom stereocenters. The van der Waals surface area contributed by atoms with Gasteiger partial charge in [-0.3, -0.25) is 4.79 Å². The molecule has 1 aliphatic heterocycles. The van der Waals surface area contributed by atoms with Gasteiger partial charge in [0.2, 0.25) is 9.84 Å². The first kappa shape index (κ1) is 11.4. The monoisotopic (exact) mass is 249 g/mol. The van der Waals surface area contributed by atoms with E-state index in [9.17, 15) is 13.2 Å². The molecule has 86 valence electrons. The van der Waals surface area contributed by atoms with Gasteiger partial charge in [0.25, 0.3) is 0 Å². The summed E-state index contributed by atoms with van der Waals surface area (Å²) in [6, 6.07) is 6.01. The van der Waals surface area contributed by atoms with E-state index in [1.54, 1.807) is 0 Å². The smallest absolute Gasteiger partial charge is 0.308 e. The van der Waals surface area contributed by atoms with Crippen molar-refractivity contribution < 1.29 is 17.9 Å². The summed E-state index contributed by atoms with van der Waals surface area (Å²) in [5, 5.41) is 9.63. The van der Waals surface area contributed by atoms with E-state index in [0.29, 0.717) is 5.56 Å². The quantitative estimate of drug-likeness (QED) is 0.698. The number of ether oxygens (including phenoxy) is 1.